The fraction of sp³-hybridized carbons (Fsp3) is 0.200. The van der Waals surface area contributed by atoms with Gasteiger partial charge in [0.1, 0.15) is 0 Å². The minimum Gasteiger partial charge on any atom is -0.311 e. The Hall–Kier alpha value is -6.64. The van der Waals surface area contributed by atoms with E-state index >= 15 is 0 Å². The van der Waals surface area contributed by atoms with Crippen molar-refractivity contribution >= 4 is 34.1 Å². The van der Waals surface area contributed by atoms with Crippen LogP contribution in [0.25, 0.3) is 22.3 Å². The molecule has 62 heavy (non-hydrogen) atoms. The molecular formula is C60H56N2. The van der Waals surface area contributed by atoms with E-state index in [1.807, 2.05) is 0 Å². The summed E-state index contributed by atoms with van der Waals surface area (Å²) in [5.74, 6) is 1.05. The predicted molar refractivity (Wildman–Crippen MR) is 263 cm³/mol. The van der Waals surface area contributed by atoms with Crippen molar-refractivity contribution in [2.24, 2.45) is 11.8 Å². The first-order valence-electron chi connectivity index (χ1n) is 22.6. The Morgan fingerprint density at radius 2 is 0.919 bits per heavy atom. The van der Waals surface area contributed by atoms with E-state index in [0.29, 0.717) is 11.8 Å². The van der Waals surface area contributed by atoms with Crippen molar-refractivity contribution < 1.29 is 0 Å². The molecular weight excluding hydrogens is 749 g/mol. The lowest BCUT2D eigenvalue weighted by Crippen LogP contribution is -2.42. The molecule has 0 spiro atoms. The first kappa shape index (κ1) is 39.5. The largest absolute Gasteiger partial charge is 0.311 e. The minimum absolute atomic E-state index is 0.107. The van der Waals surface area contributed by atoms with Crippen molar-refractivity contribution in [3.8, 4) is 22.3 Å². The number of benzene rings is 8. The highest BCUT2D eigenvalue weighted by atomic mass is 15.1. The maximum Gasteiger partial charge on any atom is 0.0540 e. The van der Waals surface area contributed by atoms with Gasteiger partial charge in [-0.25, -0.2) is 0 Å². The highest BCUT2D eigenvalue weighted by molar-refractivity contribution is 5.90. The molecule has 1 fully saturated rings. The summed E-state index contributed by atoms with van der Waals surface area (Å²) >= 11 is 0. The third-order valence-electron chi connectivity index (χ3n) is 14.1. The van der Waals surface area contributed by atoms with Gasteiger partial charge in [0, 0.05) is 44.8 Å². The van der Waals surface area contributed by atoms with Crippen LogP contribution in [-0.4, -0.2) is 0 Å². The smallest absolute Gasteiger partial charge is 0.0540 e. The SMILES string of the molecule is CC(C)C1CCCCC1(c1ccc(N(c2ccccc2)c2ccccc2)cc1)c1ccc(N(c2ccc3c(c2)C(C)(C)c2ccccc2-3)c2ccccc2-c2ccccc2)cc1. The molecule has 2 unspecified atom stereocenters. The van der Waals surface area contributed by atoms with Gasteiger partial charge in [-0.2, -0.15) is 0 Å². The molecule has 8 aromatic rings. The van der Waals surface area contributed by atoms with E-state index in [9.17, 15) is 0 Å². The van der Waals surface area contributed by atoms with Gasteiger partial charge in [-0.15, -0.1) is 0 Å². The quantitative estimate of drug-likeness (QED) is 0.136. The van der Waals surface area contributed by atoms with E-state index in [1.165, 1.54) is 80.8 Å². The Balaban J connectivity index is 1.10. The van der Waals surface area contributed by atoms with Gasteiger partial charge in [0.15, 0.2) is 0 Å². The zero-order chi connectivity index (χ0) is 42.3. The summed E-state index contributed by atoms with van der Waals surface area (Å²) in [7, 11) is 0. The molecule has 306 valence electrons. The average molecular weight is 805 g/mol. The predicted octanol–water partition coefficient (Wildman–Crippen LogP) is 16.7. The van der Waals surface area contributed by atoms with Gasteiger partial charge in [-0.05, 0) is 130 Å². The van der Waals surface area contributed by atoms with Crippen LogP contribution in [0, 0.1) is 11.8 Å². The number of fused-ring (bicyclic) bond motifs is 3. The third-order valence-corrected chi connectivity index (χ3v) is 14.1. The summed E-state index contributed by atoms with van der Waals surface area (Å²) in [4.78, 5) is 4.86. The van der Waals surface area contributed by atoms with Gasteiger partial charge in [0.2, 0.25) is 0 Å². The lowest BCUT2D eigenvalue weighted by molar-refractivity contribution is 0.170. The van der Waals surface area contributed by atoms with Crippen LogP contribution in [0.2, 0.25) is 0 Å². The van der Waals surface area contributed by atoms with E-state index in [0.717, 1.165) is 23.5 Å². The monoisotopic (exact) mass is 804 g/mol. The maximum absolute atomic E-state index is 2.50. The first-order valence-corrected chi connectivity index (χ1v) is 22.6. The molecule has 0 amide bonds. The van der Waals surface area contributed by atoms with Gasteiger partial charge in [0.05, 0.1) is 5.69 Å². The van der Waals surface area contributed by atoms with E-state index in [4.69, 9.17) is 0 Å². The van der Waals surface area contributed by atoms with E-state index in [2.05, 4.69) is 244 Å². The Kier molecular flexibility index (Phi) is 10.4. The molecule has 0 N–H and O–H groups in total. The summed E-state index contributed by atoms with van der Waals surface area (Å²) < 4.78 is 0. The molecule has 1 saturated carbocycles. The van der Waals surface area contributed by atoms with Gasteiger partial charge in [0.25, 0.3) is 0 Å². The fourth-order valence-corrected chi connectivity index (χ4v) is 11.2. The molecule has 2 atom stereocenters. The van der Waals surface area contributed by atoms with Gasteiger partial charge in [-0.1, -0.05) is 180 Å². The fourth-order valence-electron chi connectivity index (χ4n) is 11.2. The molecule has 2 heteroatoms. The molecule has 2 aliphatic rings. The van der Waals surface area contributed by atoms with Crippen molar-refractivity contribution in [2.75, 3.05) is 9.80 Å². The topological polar surface area (TPSA) is 6.48 Å². The van der Waals surface area contributed by atoms with Crippen LogP contribution in [0.15, 0.2) is 206 Å². The van der Waals surface area contributed by atoms with Crippen molar-refractivity contribution in [3.63, 3.8) is 0 Å². The molecule has 2 aliphatic carbocycles. The van der Waals surface area contributed by atoms with Crippen molar-refractivity contribution in [1.82, 2.24) is 0 Å². The van der Waals surface area contributed by atoms with Crippen LogP contribution in [0.4, 0.5) is 34.1 Å². The van der Waals surface area contributed by atoms with E-state index in [-0.39, 0.29) is 10.8 Å². The number of rotatable bonds is 10. The summed E-state index contributed by atoms with van der Waals surface area (Å²) in [6.45, 7) is 9.63. The Bertz CT molecular complexity index is 2750. The zero-order valence-electron chi connectivity index (χ0n) is 36.5. The highest BCUT2D eigenvalue weighted by Crippen LogP contribution is 2.54. The number of nitrogens with zero attached hydrogens (tertiary/aromatic N) is 2. The molecule has 0 radical (unpaired) electrons. The normalized spacial score (nSPS) is 17.6. The van der Waals surface area contributed by atoms with E-state index in [1.54, 1.807) is 0 Å². The molecule has 8 aromatic carbocycles. The van der Waals surface area contributed by atoms with Crippen molar-refractivity contribution in [1.29, 1.82) is 0 Å². The van der Waals surface area contributed by atoms with Crippen LogP contribution >= 0.6 is 0 Å². The molecule has 0 heterocycles. The second-order valence-electron chi connectivity index (χ2n) is 18.3. The maximum atomic E-state index is 2.50. The van der Waals surface area contributed by atoms with Crippen LogP contribution in [0.3, 0.4) is 0 Å². The highest BCUT2D eigenvalue weighted by Gasteiger charge is 2.45. The van der Waals surface area contributed by atoms with Crippen LogP contribution in [-0.2, 0) is 10.8 Å². The summed E-state index contributed by atoms with van der Waals surface area (Å²) in [6, 6.07) is 76.6. The average Bonchev–Trinajstić information content (AvgIpc) is 3.56. The second kappa shape index (κ2) is 16.3. The molecule has 10 rings (SSSR count). The molecule has 0 aliphatic heterocycles. The molecule has 0 aromatic heterocycles. The lowest BCUT2D eigenvalue weighted by Gasteiger charge is -2.48. The van der Waals surface area contributed by atoms with Crippen LogP contribution in [0.1, 0.15) is 75.6 Å². The zero-order valence-corrected chi connectivity index (χ0v) is 36.5. The van der Waals surface area contributed by atoms with Crippen molar-refractivity contribution in [2.45, 2.75) is 64.2 Å². The van der Waals surface area contributed by atoms with Crippen LogP contribution in [0.5, 0.6) is 0 Å². The molecule has 2 nitrogen and oxygen atoms in total. The summed E-state index contributed by atoms with van der Waals surface area (Å²) in [5, 5.41) is 0. The molecule has 0 saturated heterocycles. The van der Waals surface area contributed by atoms with Crippen molar-refractivity contribution in [3.05, 3.63) is 229 Å². The van der Waals surface area contributed by atoms with Gasteiger partial charge < -0.3 is 9.80 Å². The number of para-hydroxylation sites is 3. The summed E-state index contributed by atoms with van der Waals surface area (Å²) in [5.41, 5.74) is 17.5. The van der Waals surface area contributed by atoms with Crippen LogP contribution < -0.4 is 9.80 Å². The Morgan fingerprint density at radius 3 is 1.53 bits per heavy atom. The number of hydrogen-bond donors (Lipinski definition) is 0. The Labute approximate surface area is 369 Å². The third kappa shape index (κ3) is 6.83. The lowest BCUT2D eigenvalue weighted by atomic mass is 9.56. The second-order valence-corrected chi connectivity index (χ2v) is 18.3. The van der Waals surface area contributed by atoms with E-state index < -0.39 is 0 Å². The minimum atomic E-state index is -0.107. The number of hydrogen-bond acceptors (Lipinski definition) is 2. The first-order chi connectivity index (χ1) is 30.3. The Morgan fingerprint density at radius 1 is 0.435 bits per heavy atom. The molecule has 0 bridgehead atoms. The van der Waals surface area contributed by atoms with Gasteiger partial charge >= 0.3 is 0 Å². The standard InChI is InChI=1S/C60H56N2/c1-43(2)55-28-18-19-41-60(55,45-31-35-49(36-32-45)61(47-22-10-6-11-23-47)48-24-12-7-13-25-48)46-33-37-50(38-34-46)62(58-30-17-15-26-52(58)44-20-8-5-9-21-44)51-39-40-54-53-27-14-16-29-56(53)59(3,4)57(54)42-51/h5-17,20-27,29-40,42-43,55H,18-19,28,41H2,1-4H3. The van der Waals surface area contributed by atoms with Gasteiger partial charge in [-0.3, -0.25) is 0 Å². The summed E-state index contributed by atoms with van der Waals surface area (Å²) in [6.07, 6.45) is 4.86. The number of anilines is 6.